The molecule has 9 heteroatoms. The number of halogens is 1. The fourth-order valence-electron chi connectivity index (χ4n) is 2.63. The van der Waals surface area contributed by atoms with E-state index in [1.54, 1.807) is 31.4 Å². The van der Waals surface area contributed by atoms with E-state index < -0.39 is 0 Å². The van der Waals surface area contributed by atoms with Gasteiger partial charge in [0.05, 0.1) is 7.11 Å². The summed E-state index contributed by atoms with van der Waals surface area (Å²) in [7, 11) is 1.59. The molecule has 0 aliphatic rings. The normalized spacial score (nSPS) is 10.5. The number of carbonyl (C=O) groups is 2. The maximum absolute atomic E-state index is 12.3. The Balaban J connectivity index is 1.42. The van der Waals surface area contributed by atoms with Crippen LogP contribution in [0.4, 0.5) is 5.69 Å². The van der Waals surface area contributed by atoms with Crippen LogP contribution in [0.3, 0.4) is 0 Å². The predicted octanol–water partition coefficient (Wildman–Crippen LogP) is 4.20. The van der Waals surface area contributed by atoms with Crippen molar-refractivity contribution >= 4 is 44.8 Å². The standard InChI is InChI=1S/C21H21BrN4O3S/c1-29-16-11-9-15(10-12-16)24-20(28)21-26-25-19(30-21)8-4-7-18(27)23-13-14-5-2-3-6-17(14)22/h2-3,5-6,9-12H,4,7-8,13H2,1H3,(H,23,27)(H,24,28). The molecule has 3 rings (SSSR count). The van der Waals surface area contributed by atoms with E-state index in [2.05, 4.69) is 36.8 Å². The second-order valence-electron chi connectivity index (χ2n) is 6.41. The van der Waals surface area contributed by atoms with Gasteiger partial charge in [-0.15, -0.1) is 10.2 Å². The van der Waals surface area contributed by atoms with Crippen LogP contribution in [-0.2, 0) is 17.8 Å². The molecule has 0 radical (unpaired) electrons. The Morgan fingerprint density at radius 2 is 1.87 bits per heavy atom. The second kappa shape index (κ2) is 10.8. The molecule has 0 aliphatic carbocycles. The molecule has 0 saturated heterocycles. The average molecular weight is 489 g/mol. The molecule has 2 amide bonds. The summed E-state index contributed by atoms with van der Waals surface area (Å²) in [5.41, 5.74) is 1.68. The van der Waals surface area contributed by atoms with Crippen molar-refractivity contribution in [2.45, 2.75) is 25.8 Å². The topological polar surface area (TPSA) is 93.2 Å². The first-order chi connectivity index (χ1) is 14.5. The monoisotopic (exact) mass is 488 g/mol. The highest BCUT2D eigenvalue weighted by molar-refractivity contribution is 9.10. The van der Waals surface area contributed by atoms with Crippen molar-refractivity contribution < 1.29 is 14.3 Å². The lowest BCUT2D eigenvalue weighted by atomic mass is 10.2. The molecule has 2 aromatic carbocycles. The van der Waals surface area contributed by atoms with Crippen LogP contribution in [0.5, 0.6) is 5.75 Å². The summed E-state index contributed by atoms with van der Waals surface area (Å²) >= 11 is 4.70. The van der Waals surface area contributed by atoms with E-state index in [-0.39, 0.29) is 11.8 Å². The number of nitrogens with zero attached hydrogens (tertiary/aromatic N) is 2. The van der Waals surface area contributed by atoms with Crippen LogP contribution in [0.15, 0.2) is 53.0 Å². The maximum Gasteiger partial charge on any atom is 0.286 e. The van der Waals surface area contributed by atoms with Gasteiger partial charge >= 0.3 is 0 Å². The van der Waals surface area contributed by atoms with Crippen molar-refractivity contribution in [3.8, 4) is 5.75 Å². The van der Waals surface area contributed by atoms with Crippen LogP contribution in [0, 0.1) is 0 Å². The van der Waals surface area contributed by atoms with Gasteiger partial charge in [0.15, 0.2) is 0 Å². The lowest BCUT2D eigenvalue weighted by Gasteiger charge is -2.06. The first kappa shape index (κ1) is 21.9. The molecule has 0 spiro atoms. The lowest BCUT2D eigenvalue weighted by Crippen LogP contribution is -2.22. The Bertz CT molecular complexity index is 1010. The molecular weight excluding hydrogens is 468 g/mol. The largest absolute Gasteiger partial charge is 0.497 e. The summed E-state index contributed by atoms with van der Waals surface area (Å²) in [6.07, 6.45) is 1.61. The lowest BCUT2D eigenvalue weighted by molar-refractivity contribution is -0.121. The number of benzene rings is 2. The molecule has 0 unspecified atom stereocenters. The highest BCUT2D eigenvalue weighted by atomic mass is 79.9. The quantitative estimate of drug-likeness (QED) is 0.470. The number of hydrogen-bond donors (Lipinski definition) is 2. The third kappa shape index (κ3) is 6.36. The SMILES string of the molecule is COc1ccc(NC(=O)c2nnc(CCCC(=O)NCc3ccccc3Br)s2)cc1. The Morgan fingerprint density at radius 3 is 2.60 bits per heavy atom. The predicted molar refractivity (Wildman–Crippen MR) is 120 cm³/mol. The molecule has 0 aliphatic heterocycles. The van der Waals surface area contributed by atoms with E-state index in [9.17, 15) is 9.59 Å². The van der Waals surface area contributed by atoms with Crippen molar-refractivity contribution in [3.63, 3.8) is 0 Å². The molecule has 7 nitrogen and oxygen atoms in total. The van der Waals surface area contributed by atoms with Crippen LogP contribution >= 0.6 is 27.3 Å². The Morgan fingerprint density at radius 1 is 1.10 bits per heavy atom. The smallest absolute Gasteiger partial charge is 0.286 e. The van der Waals surface area contributed by atoms with Gasteiger partial charge in [-0.05, 0) is 42.3 Å². The van der Waals surface area contributed by atoms with E-state index in [1.165, 1.54) is 11.3 Å². The Labute approximate surface area is 187 Å². The van der Waals surface area contributed by atoms with E-state index >= 15 is 0 Å². The van der Waals surface area contributed by atoms with E-state index in [1.807, 2.05) is 24.3 Å². The Hall–Kier alpha value is -2.78. The zero-order chi connectivity index (χ0) is 21.3. The van der Waals surface area contributed by atoms with Gasteiger partial charge in [-0.3, -0.25) is 9.59 Å². The number of ether oxygens (including phenoxy) is 1. The van der Waals surface area contributed by atoms with Gasteiger partial charge in [-0.2, -0.15) is 0 Å². The van der Waals surface area contributed by atoms with Crippen molar-refractivity contribution in [1.82, 2.24) is 15.5 Å². The molecule has 3 aromatic rings. The molecule has 0 saturated carbocycles. The zero-order valence-electron chi connectivity index (χ0n) is 16.4. The third-order valence-electron chi connectivity index (χ3n) is 4.24. The van der Waals surface area contributed by atoms with Crippen molar-refractivity contribution in [1.29, 1.82) is 0 Å². The second-order valence-corrected chi connectivity index (χ2v) is 8.32. The minimum absolute atomic E-state index is 0.0206. The van der Waals surface area contributed by atoms with Crippen LogP contribution in [-0.4, -0.2) is 29.1 Å². The number of aryl methyl sites for hydroxylation is 1. The van der Waals surface area contributed by atoms with Gasteiger partial charge in [-0.1, -0.05) is 45.5 Å². The summed E-state index contributed by atoms with van der Waals surface area (Å²) in [5.74, 6) is 0.384. The number of methoxy groups -OCH3 is 1. The van der Waals surface area contributed by atoms with Gasteiger partial charge in [0.1, 0.15) is 10.8 Å². The molecular formula is C21H21BrN4O3S. The average Bonchev–Trinajstić information content (AvgIpc) is 3.23. The minimum Gasteiger partial charge on any atom is -0.497 e. The summed E-state index contributed by atoms with van der Waals surface area (Å²) in [5, 5.41) is 14.7. The number of amides is 2. The fraction of sp³-hybridized carbons (Fsp3) is 0.238. The van der Waals surface area contributed by atoms with Crippen molar-refractivity contribution in [2.75, 3.05) is 12.4 Å². The molecule has 1 heterocycles. The van der Waals surface area contributed by atoms with Crippen LogP contribution in [0.2, 0.25) is 0 Å². The Kier molecular flexibility index (Phi) is 7.92. The number of hydrogen-bond acceptors (Lipinski definition) is 6. The van der Waals surface area contributed by atoms with Crippen LogP contribution in [0.1, 0.15) is 33.2 Å². The van der Waals surface area contributed by atoms with Crippen LogP contribution in [0.25, 0.3) is 0 Å². The molecule has 2 N–H and O–H groups in total. The molecule has 30 heavy (non-hydrogen) atoms. The zero-order valence-corrected chi connectivity index (χ0v) is 18.8. The summed E-state index contributed by atoms with van der Waals surface area (Å²) < 4.78 is 6.07. The number of aromatic nitrogens is 2. The number of rotatable bonds is 9. The van der Waals surface area contributed by atoms with Crippen molar-refractivity contribution in [3.05, 3.63) is 68.6 Å². The molecule has 156 valence electrons. The van der Waals surface area contributed by atoms with Crippen LogP contribution < -0.4 is 15.4 Å². The first-order valence-electron chi connectivity index (χ1n) is 9.33. The maximum atomic E-state index is 12.3. The van der Waals surface area contributed by atoms with Gasteiger partial charge < -0.3 is 15.4 Å². The highest BCUT2D eigenvalue weighted by Crippen LogP contribution is 2.18. The van der Waals surface area contributed by atoms with E-state index in [0.29, 0.717) is 42.3 Å². The number of carbonyl (C=O) groups excluding carboxylic acids is 2. The minimum atomic E-state index is -0.310. The number of anilines is 1. The van der Waals surface area contributed by atoms with Gasteiger partial charge in [0.2, 0.25) is 10.9 Å². The molecule has 0 atom stereocenters. The van der Waals surface area contributed by atoms with Gasteiger partial charge in [0.25, 0.3) is 5.91 Å². The van der Waals surface area contributed by atoms with Gasteiger partial charge in [0, 0.05) is 29.5 Å². The van der Waals surface area contributed by atoms with E-state index in [4.69, 9.17) is 4.74 Å². The van der Waals surface area contributed by atoms with Crippen molar-refractivity contribution in [2.24, 2.45) is 0 Å². The number of nitrogens with one attached hydrogen (secondary N) is 2. The summed E-state index contributed by atoms with van der Waals surface area (Å²) in [6, 6.07) is 14.8. The van der Waals surface area contributed by atoms with E-state index in [0.717, 1.165) is 15.0 Å². The third-order valence-corrected chi connectivity index (χ3v) is 5.99. The first-order valence-corrected chi connectivity index (χ1v) is 10.9. The highest BCUT2D eigenvalue weighted by Gasteiger charge is 2.13. The molecule has 1 aromatic heterocycles. The summed E-state index contributed by atoms with van der Waals surface area (Å²) in [4.78, 5) is 24.4. The molecule has 0 fully saturated rings. The molecule has 0 bridgehead atoms. The fourth-order valence-corrected chi connectivity index (χ4v) is 3.83. The van der Waals surface area contributed by atoms with Gasteiger partial charge in [-0.25, -0.2) is 0 Å². The summed E-state index contributed by atoms with van der Waals surface area (Å²) in [6.45, 7) is 0.481.